The molecule has 2 N–H and O–H groups in total. The highest BCUT2D eigenvalue weighted by Gasteiger charge is 2.22. The van der Waals surface area contributed by atoms with Gasteiger partial charge in [0.2, 0.25) is 0 Å². The third kappa shape index (κ3) is 7.36. The smallest absolute Gasteiger partial charge is 0.191 e. The summed E-state index contributed by atoms with van der Waals surface area (Å²) in [6, 6.07) is 0.488. The maximum atomic E-state index is 5.49. The van der Waals surface area contributed by atoms with Crippen molar-refractivity contribution in [3.05, 3.63) is 12.2 Å². The van der Waals surface area contributed by atoms with E-state index in [0.717, 1.165) is 57.6 Å². The standard InChI is InChI=1S/C17H33N7O.HI/c1-5-23-13-21-22-16(23)12-20-17(18-4)19-11-15(10-14(2)3)24-6-8-25-9-7-24;/h13-15H,5-12H2,1-4H3,(H2,18,19,20);1H. The van der Waals surface area contributed by atoms with Gasteiger partial charge in [0.1, 0.15) is 6.33 Å². The molecule has 1 aromatic rings. The molecule has 1 aliphatic rings. The third-order valence-corrected chi connectivity index (χ3v) is 4.48. The van der Waals surface area contributed by atoms with Crippen molar-refractivity contribution in [2.24, 2.45) is 10.9 Å². The molecule has 1 fully saturated rings. The maximum absolute atomic E-state index is 5.49. The largest absolute Gasteiger partial charge is 0.379 e. The third-order valence-electron chi connectivity index (χ3n) is 4.48. The van der Waals surface area contributed by atoms with Gasteiger partial charge in [-0.05, 0) is 19.3 Å². The Hall–Kier alpha value is -0.940. The summed E-state index contributed by atoms with van der Waals surface area (Å²) >= 11 is 0. The number of aliphatic imine (C=N–C) groups is 1. The van der Waals surface area contributed by atoms with Crippen LogP contribution in [-0.4, -0.2) is 71.6 Å². The summed E-state index contributed by atoms with van der Waals surface area (Å²) in [6.45, 7) is 12.6. The Bertz CT molecular complexity index is 529. The van der Waals surface area contributed by atoms with E-state index < -0.39 is 0 Å². The van der Waals surface area contributed by atoms with Crippen molar-refractivity contribution in [2.45, 2.75) is 46.3 Å². The number of aryl methyl sites for hydroxylation is 1. The Labute approximate surface area is 174 Å². The van der Waals surface area contributed by atoms with Crippen molar-refractivity contribution in [3.63, 3.8) is 0 Å². The highest BCUT2D eigenvalue weighted by Crippen LogP contribution is 2.13. The van der Waals surface area contributed by atoms with E-state index in [1.807, 2.05) is 4.57 Å². The minimum absolute atomic E-state index is 0. The van der Waals surface area contributed by atoms with Crippen LogP contribution in [0.2, 0.25) is 0 Å². The van der Waals surface area contributed by atoms with E-state index >= 15 is 0 Å². The normalized spacial score (nSPS) is 17.0. The van der Waals surface area contributed by atoms with E-state index in [2.05, 4.69) is 51.5 Å². The highest BCUT2D eigenvalue weighted by atomic mass is 127. The average molecular weight is 479 g/mol. The number of rotatable bonds is 8. The molecule has 1 atom stereocenters. The molecule has 0 radical (unpaired) electrons. The van der Waals surface area contributed by atoms with Crippen molar-refractivity contribution < 1.29 is 4.74 Å². The van der Waals surface area contributed by atoms with Gasteiger partial charge in [0, 0.05) is 39.3 Å². The lowest BCUT2D eigenvalue weighted by molar-refractivity contribution is 0.0132. The van der Waals surface area contributed by atoms with Crippen LogP contribution >= 0.6 is 24.0 Å². The zero-order chi connectivity index (χ0) is 18.1. The van der Waals surface area contributed by atoms with Crippen molar-refractivity contribution >= 4 is 29.9 Å². The van der Waals surface area contributed by atoms with Crippen LogP contribution < -0.4 is 10.6 Å². The first-order chi connectivity index (χ1) is 12.1. The number of nitrogens with zero attached hydrogens (tertiary/aromatic N) is 5. The maximum Gasteiger partial charge on any atom is 0.191 e. The number of hydrogen-bond acceptors (Lipinski definition) is 5. The highest BCUT2D eigenvalue weighted by molar-refractivity contribution is 14.0. The van der Waals surface area contributed by atoms with E-state index in [1.54, 1.807) is 13.4 Å². The molecule has 0 aliphatic carbocycles. The fourth-order valence-electron chi connectivity index (χ4n) is 3.13. The van der Waals surface area contributed by atoms with Gasteiger partial charge < -0.3 is 19.9 Å². The molecular weight excluding hydrogens is 445 g/mol. The first-order valence-corrected chi connectivity index (χ1v) is 9.27. The van der Waals surface area contributed by atoms with Gasteiger partial charge in [0.15, 0.2) is 11.8 Å². The fourth-order valence-corrected chi connectivity index (χ4v) is 3.13. The van der Waals surface area contributed by atoms with Crippen molar-refractivity contribution in [2.75, 3.05) is 39.9 Å². The van der Waals surface area contributed by atoms with Crippen LogP contribution in [0, 0.1) is 5.92 Å². The van der Waals surface area contributed by atoms with Crippen LogP contribution in [0.15, 0.2) is 11.3 Å². The van der Waals surface area contributed by atoms with Crippen molar-refractivity contribution in [1.82, 2.24) is 30.3 Å². The van der Waals surface area contributed by atoms with Gasteiger partial charge in [-0.25, -0.2) is 0 Å². The molecule has 8 nitrogen and oxygen atoms in total. The lowest BCUT2D eigenvalue weighted by Crippen LogP contribution is -2.51. The second-order valence-electron chi connectivity index (χ2n) is 6.77. The summed E-state index contributed by atoms with van der Waals surface area (Å²) in [5, 5.41) is 14.9. The molecule has 150 valence electrons. The quantitative estimate of drug-likeness (QED) is 0.333. The Morgan fingerprint density at radius 1 is 1.31 bits per heavy atom. The number of halogens is 1. The molecule has 0 amide bonds. The van der Waals surface area contributed by atoms with Gasteiger partial charge in [-0.15, -0.1) is 34.2 Å². The summed E-state index contributed by atoms with van der Waals surface area (Å²) in [7, 11) is 1.80. The van der Waals surface area contributed by atoms with E-state index in [4.69, 9.17) is 4.74 Å². The number of aromatic nitrogens is 3. The van der Waals surface area contributed by atoms with Gasteiger partial charge >= 0.3 is 0 Å². The monoisotopic (exact) mass is 479 g/mol. The van der Waals surface area contributed by atoms with Gasteiger partial charge in [0.25, 0.3) is 0 Å². The first-order valence-electron chi connectivity index (χ1n) is 9.27. The average Bonchev–Trinajstić information content (AvgIpc) is 3.08. The Balaban J connectivity index is 0.00000338. The van der Waals surface area contributed by atoms with Gasteiger partial charge in [-0.3, -0.25) is 9.89 Å². The predicted molar refractivity (Wildman–Crippen MR) is 115 cm³/mol. The summed E-state index contributed by atoms with van der Waals surface area (Å²) < 4.78 is 7.51. The minimum atomic E-state index is 0. The molecule has 0 aromatic carbocycles. The van der Waals surface area contributed by atoms with Crippen LogP contribution in [0.1, 0.15) is 33.0 Å². The Kier molecular flexibility index (Phi) is 11.1. The van der Waals surface area contributed by atoms with E-state index in [1.165, 1.54) is 0 Å². The number of ether oxygens (including phenoxy) is 1. The van der Waals surface area contributed by atoms with Gasteiger partial charge in [-0.1, -0.05) is 13.8 Å². The number of nitrogens with one attached hydrogen (secondary N) is 2. The second-order valence-corrected chi connectivity index (χ2v) is 6.77. The van der Waals surface area contributed by atoms with Gasteiger partial charge in [-0.2, -0.15) is 0 Å². The minimum Gasteiger partial charge on any atom is -0.379 e. The summed E-state index contributed by atoms with van der Waals surface area (Å²) in [4.78, 5) is 6.86. The Morgan fingerprint density at radius 2 is 2.04 bits per heavy atom. The molecule has 1 aliphatic heterocycles. The molecule has 1 aromatic heterocycles. The SMILES string of the molecule is CCn1cnnc1CNC(=NC)NCC(CC(C)C)N1CCOCC1.I. The van der Waals surface area contributed by atoms with E-state index in [-0.39, 0.29) is 24.0 Å². The first kappa shape index (κ1) is 23.1. The number of hydrogen-bond donors (Lipinski definition) is 2. The summed E-state index contributed by atoms with van der Waals surface area (Å²) in [5.74, 6) is 2.37. The molecule has 1 unspecified atom stereocenters. The molecule has 2 rings (SSSR count). The van der Waals surface area contributed by atoms with E-state index in [9.17, 15) is 0 Å². The molecule has 26 heavy (non-hydrogen) atoms. The number of guanidine groups is 1. The fraction of sp³-hybridized carbons (Fsp3) is 0.824. The lowest BCUT2D eigenvalue weighted by atomic mass is 10.0. The van der Waals surface area contributed by atoms with Crippen LogP contribution in [0.5, 0.6) is 0 Å². The molecule has 9 heteroatoms. The zero-order valence-electron chi connectivity index (χ0n) is 16.4. The molecule has 1 saturated heterocycles. The number of morpholine rings is 1. The Morgan fingerprint density at radius 3 is 2.65 bits per heavy atom. The van der Waals surface area contributed by atoms with Crippen LogP contribution in [0.3, 0.4) is 0 Å². The van der Waals surface area contributed by atoms with Crippen molar-refractivity contribution in [1.29, 1.82) is 0 Å². The van der Waals surface area contributed by atoms with Gasteiger partial charge in [0.05, 0.1) is 19.8 Å². The van der Waals surface area contributed by atoms with Crippen LogP contribution in [-0.2, 0) is 17.8 Å². The molecular formula is C17H34IN7O. The zero-order valence-corrected chi connectivity index (χ0v) is 18.8. The molecule has 2 heterocycles. The van der Waals surface area contributed by atoms with Crippen LogP contribution in [0.4, 0.5) is 0 Å². The van der Waals surface area contributed by atoms with Crippen LogP contribution in [0.25, 0.3) is 0 Å². The molecule has 0 bridgehead atoms. The lowest BCUT2D eigenvalue weighted by Gasteiger charge is -2.35. The summed E-state index contributed by atoms with van der Waals surface area (Å²) in [5.41, 5.74) is 0. The van der Waals surface area contributed by atoms with Crippen molar-refractivity contribution in [3.8, 4) is 0 Å². The van der Waals surface area contributed by atoms with E-state index in [0.29, 0.717) is 18.5 Å². The molecule has 0 saturated carbocycles. The second kappa shape index (κ2) is 12.4. The topological polar surface area (TPSA) is 79.6 Å². The predicted octanol–water partition coefficient (Wildman–Crippen LogP) is 1.33. The summed E-state index contributed by atoms with van der Waals surface area (Å²) in [6.07, 6.45) is 2.92. The molecule has 0 spiro atoms.